The third-order valence-electron chi connectivity index (χ3n) is 2.09. The van der Waals surface area contributed by atoms with Crippen LogP contribution in [0, 0.1) is 0 Å². The van der Waals surface area contributed by atoms with Crippen molar-refractivity contribution in [2.45, 2.75) is 6.92 Å². The Labute approximate surface area is 92.7 Å². The first-order chi connectivity index (χ1) is 7.81. The number of rotatable bonds is 2. The number of benzene rings is 1. The molecule has 80 valence electrons. The van der Waals surface area contributed by atoms with E-state index in [0.717, 1.165) is 0 Å². The summed E-state index contributed by atoms with van der Waals surface area (Å²) in [6.07, 6.45) is 7.17. The third kappa shape index (κ3) is 2.08. The Morgan fingerprint density at radius 1 is 1.25 bits per heavy atom. The van der Waals surface area contributed by atoms with Gasteiger partial charge in [-0.05, 0) is 19.1 Å². The van der Waals surface area contributed by atoms with Gasteiger partial charge in [-0.1, -0.05) is 30.4 Å². The van der Waals surface area contributed by atoms with Gasteiger partial charge in [0.2, 0.25) is 5.89 Å². The highest BCUT2D eigenvalue weighted by Crippen LogP contribution is 2.07. The van der Waals surface area contributed by atoms with Crippen LogP contribution in [-0.4, -0.2) is 4.98 Å². The molecular weight excluding hydrogens is 202 g/mol. The fourth-order valence-corrected chi connectivity index (χ4v) is 1.36. The van der Waals surface area contributed by atoms with Crippen molar-refractivity contribution in [2.24, 2.45) is 0 Å². The molecule has 3 nitrogen and oxygen atoms in total. The van der Waals surface area contributed by atoms with Crippen LogP contribution in [0.15, 0.2) is 51.7 Å². The highest BCUT2D eigenvalue weighted by Gasteiger charge is 2.02. The summed E-state index contributed by atoms with van der Waals surface area (Å²) in [6.45, 7) is 1.91. The Kier molecular flexibility index (Phi) is 2.96. The van der Waals surface area contributed by atoms with Crippen molar-refractivity contribution in [2.75, 3.05) is 0 Å². The summed E-state index contributed by atoms with van der Waals surface area (Å²) in [5, 5.41) is 0.505. The molecule has 2 aromatic rings. The summed E-state index contributed by atoms with van der Waals surface area (Å²) in [5.74, 6) is 0.321. The van der Waals surface area contributed by atoms with Gasteiger partial charge < -0.3 is 4.42 Å². The molecule has 0 aliphatic carbocycles. The topological polar surface area (TPSA) is 43.1 Å². The summed E-state index contributed by atoms with van der Waals surface area (Å²) >= 11 is 0. The number of nitrogens with zero attached hydrogens (tertiary/aromatic N) is 1. The summed E-state index contributed by atoms with van der Waals surface area (Å²) in [4.78, 5) is 15.8. The molecule has 1 aromatic heterocycles. The van der Waals surface area contributed by atoms with E-state index in [2.05, 4.69) is 4.98 Å². The predicted octanol–water partition coefficient (Wildman–Crippen LogP) is 2.78. The summed E-state index contributed by atoms with van der Waals surface area (Å²) in [5.41, 5.74) is 0.296. The third-order valence-corrected chi connectivity index (χ3v) is 2.09. The van der Waals surface area contributed by atoms with Crippen molar-refractivity contribution in [1.29, 1.82) is 0 Å². The van der Waals surface area contributed by atoms with Gasteiger partial charge in [-0.3, -0.25) is 0 Å². The molecule has 0 unspecified atom stereocenters. The second-order valence-corrected chi connectivity index (χ2v) is 3.24. The first-order valence-corrected chi connectivity index (χ1v) is 5.00. The first kappa shape index (κ1) is 10.4. The van der Waals surface area contributed by atoms with E-state index in [1.165, 1.54) is 0 Å². The molecule has 0 amide bonds. The molecule has 0 bridgehead atoms. The van der Waals surface area contributed by atoms with Crippen molar-refractivity contribution >= 4 is 17.0 Å². The van der Waals surface area contributed by atoms with Crippen LogP contribution in [0.3, 0.4) is 0 Å². The van der Waals surface area contributed by atoms with Crippen molar-refractivity contribution in [3.63, 3.8) is 0 Å². The lowest BCUT2D eigenvalue weighted by Crippen LogP contribution is -2.02. The zero-order valence-corrected chi connectivity index (χ0v) is 8.88. The maximum atomic E-state index is 11.6. The fourth-order valence-electron chi connectivity index (χ4n) is 1.36. The van der Waals surface area contributed by atoms with Gasteiger partial charge in [0.1, 0.15) is 0 Å². The number of hydrogen-bond acceptors (Lipinski definition) is 3. The zero-order chi connectivity index (χ0) is 11.4. The Morgan fingerprint density at radius 2 is 2.06 bits per heavy atom. The van der Waals surface area contributed by atoms with E-state index in [4.69, 9.17) is 4.42 Å². The van der Waals surface area contributed by atoms with Crippen LogP contribution in [0.2, 0.25) is 0 Å². The second kappa shape index (κ2) is 4.57. The van der Waals surface area contributed by atoms with E-state index >= 15 is 0 Å². The van der Waals surface area contributed by atoms with Crippen molar-refractivity contribution in [1.82, 2.24) is 4.98 Å². The largest absolute Gasteiger partial charge is 0.404 e. The molecule has 1 aromatic carbocycles. The van der Waals surface area contributed by atoms with E-state index < -0.39 is 0 Å². The minimum Gasteiger partial charge on any atom is -0.404 e. The maximum Gasteiger partial charge on any atom is 0.347 e. The summed E-state index contributed by atoms with van der Waals surface area (Å²) in [6, 6.07) is 7.12. The Hall–Kier alpha value is -2.16. The molecule has 0 atom stereocenters. The normalized spacial score (nSPS) is 11.8. The van der Waals surface area contributed by atoms with Gasteiger partial charge >= 0.3 is 5.63 Å². The molecular formula is C13H11NO2. The van der Waals surface area contributed by atoms with Crippen LogP contribution in [0.5, 0.6) is 0 Å². The molecule has 0 fully saturated rings. The quantitative estimate of drug-likeness (QED) is 0.720. The van der Waals surface area contributed by atoms with Crippen LogP contribution in [0.4, 0.5) is 0 Å². The maximum absolute atomic E-state index is 11.6. The lowest BCUT2D eigenvalue weighted by atomic mass is 10.2. The van der Waals surface area contributed by atoms with E-state index in [-0.39, 0.29) is 5.63 Å². The SMILES string of the molecule is CC=CC=Cc1nc2ccccc2c(=O)o1. The minimum atomic E-state index is -0.356. The van der Waals surface area contributed by atoms with Crippen LogP contribution in [-0.2, 0) is 0 Å². The lowest BCUT2D eigenvalue weighted by Gasteiger charge is -1.95. The Morgan fingerprint density at radius 3 is 2.88 bits per heavy atom. The minimum absolute atomic E-state index is 0.321. The monoisotopic (exact) mass is 213 g/mol. The van der Waals surface area contributed by atoms with E-state index in [1.54, 1.807) is 30.4 Å². The van der Waals surface area contributed by atoms with Gasteiger partial charge in [0.15, 0.2) is 0 Å². The summed E-state index contributed by atoms with van der Waals surface area (Å²) in [7, 11) is 0. The summed E-state index contributed by atoms with van der Waals surface area (Å²) < 4.78 is 5.05. The van der Waals surface area contributed by atoms with Gasteiger partial charge in [-0.2, -0.15) is 0 Å². The lowest BCUT2D eigenvalue weighted by molar-refractivity contribution is 0.490. The van der Waals surface area contributed by atoms with Crippen LogP contribution in [0.25, 0.3) is 17.0 Å². The fraction of sp³-hybridized carbons (Fsp3) is 0.0769. The van der Waals surface area contributed by atoms with Gasteiger partial charge in [0.05, 0.1) is 10.9 Å². The molecule has 0 saturated heterocycles. The standard InChI is InChI=1S/C13H11NO2/c1-2-3-4-9-12-14-11-8-6-5-7-10(11)13(15)16-12/h2-9H,1H3. The first-order valence-electron chi connectivity index (χ1n) is 5.00. The van der Waals surface area contributed by atoms with E-state index in [1.807, 2.05) is 25.1 Å². The van der Waals surface area contributed by atoms with Gasteiger partial charge in [0, 0.05) is 6.08 Å². The van der Waals surface area contributed by atoms with Crippen LogP contribution in [0.1, 0.15) is 12.8 Å². The highest BCUT2D eigenvalue weighted by atomic mass is 16.4. The number of allylic oxidation sites excluding steroid dienone is 3. The number of para-hydroxylation sites is 1. The second-order valence-electron chi connectivity index (χ2n) is 3.24. The zero-order valence-electron chi connectivity index (χ0n) is 8.88. The molecule has 0 aliphatic rings. The smallest absolute Gasteiger partial charge is 0.347 e. The van der Waals surface area contributed by atoms with Gasteiger partial charge in [-0.15, -0.1) is 0 Å². The number of aromatic nitrogens is 1. The van der Waals surface area contributed by atoms with Crippen molar-refractivity contribution < 1.29 is 4.42 Å². The molecule has 16 heavy (non-hydrogen) atoms. The van der Waals surface area contributed by atoms with Crippen LogP contribution >= 0.6 is 0 Å². The van der Waals surface area contributed by atoms with E-state index in [9.17, 15) is 4.79 Å². The van der Waals surface area contributed by atoms with Crippen LogP contribution < -0.4 is 5.63 Å². The van der Waals surface area contributed by atoms with Crippen molar-refractivity contribution in [3.8, 4) is 0 Å². The molecule has 0 aliphatic heterocycles. The molecule has 3 heteroatoms. The highest BCUT2D eigenvalue weighted by molar-refractivity contribution is 5.77. The molecule has 0 spiro atoms. The van der Waals surface area contributed by atoms with Gasteiger partial charge in [-0.25, -0.2) is 9.78 Å². The average Bonchev–Trinajstić information content (AvgIpc) is 2.30. The van der Waals surface area contributed by atoms with E-state index in [0.29, 0.717) is 16.8 Å². The Balaban J connectivity index is 2.54. The van der Waals surface area contributed by atoms with Gasteiger partial charge in [0.25, 0.3) is 0 Å². The number of hydrogen-bond donors (Lipinski definition) is 0. The van der Waals surface area contributed by atoms with Crippen molar-refractivity contribution in [3.05, 3.63) is 58.8 Å². The Bertz CT molecular complexity index is 609. The molecule has 0 saturated carbocycles. The predicted molar refractivity (Wildman–Crippen MR) is 64.1 cm³/mol. The molecule has 2 rings (SSSR count). The average molecular weight is 213 g/mol. The molecule has 1 heterocycles. The molecule has 0 radical (unpaired) electrons. The number of fused-ring (bicyclic) bond motifs is 1. The molecule has 0 N–H and O–H groups in total.